The molecule has 0 aliphatic carbocycles. The second-order valence-electron chi connectivity index (χ2n) is 6.55. The summed E-state index contributed by atoms with van der Waals surface area (Å²) < 4.78 is 5.21. The van der Waals surface area contributed by atoms with Crippen LogP contribution in [0.4, 0.5) is 0 Å². The van der Waals surface area contributed by atoms with Crippen molar-refractivity contribution in [3.63, 3.8) is 0 Å². The maximum absolute atomic E-state index is 5.21. The highest BCUT2D eigenvalue weighted by atomic mass is 127. The first-order chi connectivity index (χ1) is 11.0. The first-order valence-electron chi connectivity index (χ1n) is 8.71. The fourth-order valence-corrected chi connectivity index (χ4v) is 2.96. The van der Waals surface area contributed by atoms with Gasteiger partial charge in [0.25, 0.3) is 0 Å². The van der Waals surface area contributed by atoms with Crippen LogP contribution in [0.15, 0.2) is 9.52 Å². The van der Waals surface area contributed by atoms with Gasteiger partial charge in [-0.25, -0.2) is 4.99 Å². The summed E-state index contributed by atoms with van der Waals surface area (Å²) in [7, 11) is 0. The van der Waals surface area contributed by atoms with Crippen LogP contribution in [0.25, 0.3) is 0 Å². The third-order valence-electron chi connectivity index (χ3n) is 4.52. The monoisotopic (exact) mass is 449 g/mol. The fourth-order valence-electron chi connectivity index (χ4n) is 2.96. The summed E-state index contributed by atoms with van der Waals surface area (Å²) in [5.74, 6) is 1.74. The predicted octanol–water partition coefficient (Wildman–Crippen LogP) is 2.84. The van der Waals surface area contributed by atoms with E-state index in [0.29, 0.717) is 18.6 Å². The lowest BCUT2D eigenvalue weighted by Gasteiger charge is -2.35. The Hall–Kier alpha value is -0.830. The minimum absolute atomic E-state index is 0. The van der Waals surface area contributed by atoms with E-state index in [9.17, 15) is 0 Å². The van der Waals surface area contributed by atoms with Gasteiger partial charge in [-0.2, -0.15) is 0 Å². The second-order valence-corrected chi connectivity index (χ2v) is 6.55. The standard InChI is InChI=1S/C17H31N5O.HI/c1-6-18-17(19-11-16-13(4)21-23-14(16)5)20-15-7-9-22(10-8-15)12(2)3;/h12,15H,6-11H2,1-5H3,(H2,18,19,20);1H. The SMILES string of the molecule is CCNC(=NCc1c(C)noc1C)NC1CCN(C(C)C)CC1.I. The zero-order valence-corrected chi connectivity index (χ0v) is 17.9. The number of hydrogen-bond acceptors (Lipinski definition) is 4. The molecule has 0 saturated carbocycles. The zero-order valence-electron chi connectivity index (χ0n) is 15.6. The molecule has 0 amide bonds. The predicted molar refractivity (Wildman–Crippen MR) is 109 cm³/mol. The Morgan fingerprint density at radius 3 is 2.50 bits per heavy atom. The minimum Gasteiger partial charge on any atom is -0.361 e. The third-order valence-corrected chi connectivity index (χ3v) is 4.52. The van der Waals surface area contributed by atoms with Crippen molar-refractivity contribution in [2.24, 2.45) is 4.99 Å². The Balaban J connectivity index is 0.00000288. The van der Waals surface area contributed by atoms with E-state index >= 15 is 0 Å². The first-order valence-corrected chi connectivity index (χ1v) is 8.71. The molecular formula is C17H32IN5O. The highest BCUT2D eigenvalue weighted by Gasteiger charge is 2.21. The van der Waals surface area contributed by atoms with Crippen LogP contribution < -0.4 is 10.6 Å². The molecule has 138 valence electrons. The molecule has 24 heavy (non-hydrogen) atoms. The normalized spacial score (nSPS) is 17.0. The number of aromatic nitrogens is 1. The van der Waals surface area contributed by atoms with Gasteiger partial charge in [0, 0.05) is 37.3 Å². The molecule has 1 fully saturated rings. The van der Waals surface area contributed by atoms with Crippen LogP contribution in [0.1, 0.15) is 50.6 Å². The van der Waals surface area contributed by atoms with Crippen molar-refractivity contribution in [3.05, 3.63) is 17.0 Å². The summed E-state index contributed by atoms with van der Waals surface area (Å²) in [5, 5.41) is 10.9. The molecule has 0 aromatic carbocycles. The number of rotatable bonds is 5. The van der Waals surface area contributed by atoms with Crippen molar-refractivity contribution < 1.29 is 4.52 Å². The van der Waals surface area contributed by atoms with Gasteiger partial charge in [-0.1, -0.05) is 5.16 Å². The maximum Gasteiger partial charge on any atom is 0.191 e. The van der Waals surface area contributed by atoms with Crippen LogP contribution >= 0.6 is 24.0 Å². The minimum atomic E-state index is 0. The molecule has 0 spiro atoms. The quantitative estimate of drug-likeness (QED) is 0.411. The lowest BCUT2D eigenvalue weighted by atomic mass is 10.0. The van der Waals surface area contributed by atoms with Crippen molar-refractivity contribution >= 4 is 29.9 Å². The molecule has 6 nitrogen and oxygen atoms in total. The van der Waals surface area contributed by atoms with E-state index in [1.165, 1.54) is 0 Å². The number of aliphatic imine (C=N–C) groups is 1. The van der Waals surface area contributed by atoms with Crippen molar-refractivity contribution in [2.75, 3.05) is 19.6 Å². The fraction of sp³-hybridized carbons (Fsp3) is 0.765. The number of halogens is 1. The third kappa shape index (κ3) is 5.91. The summed E-state index contributed by atoms with van der Waals surface area (Å²) in [6.45, 7) is 14.3. The zero-order chi connectivity index (χ0) is 16.8. The topological polar surface area (TPSA) is 65.7 Å². The lowest BCUT2D eigenvalue weighted by Crippen LogP contribution is -2.49. The van der Waals surface area contributed by atoms with Crippen LogP contribution in [0.5, 0.6) is 0 Å². The molecule has 0 radical (unpaired) electrons. The summed E-state index contributed by atoms with van der Waals surface area (Å²) in [6, 6.07) is 1.13. The van der Waals surface area contributed by atoms with Gasteiger partial charge in [0.05, 0.1) is 12.2 Å². The van der Waals surface area contributed by atoms with Crippen molar-refractivity contribution in [2.45, 2.75) is 66.1 Å². The van der Waals surface area contributed by atoms with E-state index in [2.05, 4.69) is 41.5 Å². The molecule has 0 bridgehead atoms. The van der Waals surface area contributed by atoms with Gasteiger partial charge >= 0.3 is 0 Å². The van der Waals surface area contributed by atoms with Gasteiger partial charge in [0.1, 0.15) is 5.76 Å². The van der Waals surface area contributed by atoms with Gasteiger partial charge in [-0.3, -0.25) is 0 Å². The number of hydrogen-bond donors (Lipinski definition) is 2. The van der Waals surface area contributed by atoms with E-state index in [0.717, 1.165) is 55.5 Å². The van der Waals surface area contributed by atoms with Crippen molar-refractivity contribution in [1.82, 2.24) is 20.7 Å². The average molecular weight is 449 g/mol. The molecule has 2 N–H and O–H groups in total. The number of nitrogens with zero attached hydrogens (tertiary/aromatic N) is 3. The molecule has 1 aliphatic heterocycles. The van der Waals surface area contributed by atoms with E-state index < -0.39 is 0 Å². The van der Waals surface area contributed by atoms with E-state index in [1.54, 1.807) is 0 Å². The molecular weight excluding hydrogens is 417 g/mol. The number of guanidine groups is 1. The molecule has 0 unspecified atom stereocenters. The molecule has 1 aromatic rings. The first kappa shape index (κ1) is 21.2. The lowest BCUT2D eigenvalue weighted by molar-refractivity contribution is 0.167. The van der Waals surface area contributed by atoms with Crippen LogP contribution in [0.3, 0.4) is 0 Å². The summed E-state index contributed by atoms with van der Waals surface area (Å²) in [6.07, 6.45) is 2.32. The number of nitrogens with one attached hydrogen (secondary N) is 2. The van der Waals surface area contributed by atoms with E-state index in [1.807, 2.05) is 13.8 Å². The van der Waals surface area contributed by atoms with Crippen LogP contribution in [-0.4, -0.2) is 47.7 Å². The van der Waals surface area contributed by atoms with E-state index in [4.69, 9.17) is 9.52 Å². The molecule has 7 heteroatoms. The summed E-state index contributed by atoms with van der Waals surface area (Å²) in [5.41, 5.74) is 2.00. The van der Waals surface area contributed by atoms with Gasteiger partial charge in [-0.15, -0.1) is 24.0 Å². The Morgan fingerprint density at radius 2 is 2.00 bits per heavy atom. The molecule has 2 heterocycles. The van der Waals surface area contributed by atoms with Crippen molar-refractivity contribution in [3.8, 4) is 0 Å². The Bertz CT molecular complexity index is 502. The second kappa shape index (κ2) is 10.2. The van der Waals surface area contributed by atoms with E-state index in [-0.39, 0.29) is 24.0 Å². The highest BCUT2D eigenvalue weighted by Crippen LogP contribution is 2.14. The summed E-state index contributed by atoms with van der Waals surface area (Å²) in [4.78, 5) is 7.24. The highest BCUT2D eigenvalue weighted by molar-refractivity contribution is 14.0. The van der Waals surface area contributed by atoms with Crippen molar-refractivity contribution in [1.29, 1.82) is 0 Å². The average Bonchev–Trinajstić information content (AvgIpc) is 2.84. The largest absolute Gasteiger partial charge is 0.361 e. The molecule has 1 aromatic heterocycles. The molecule has 0 atom stereocenters. The Morgan fingerprint density at radius 1 is 1.33 bits per heavy atom. The van der Waals surface area contributed by atoms with Gasteiger partial charge in [0.2, 0.25) is 0 Å². The van der Waals surface area contributed by atoms with Crippen LogP contribution in [0, 0.1) is 13.8 Å². The molecule has 2 rings (SSSR count). The Kier molecular flexibility index (Phi) is 9.04. The van der Waals surface area contributed by atoms with Gasteiger partial charge in [-0.05, 0) is 47.5 Å². The van der Waals surface area contributed by atoms with Crippen LogP contribution in [-0.2, 0) is 6.54 Å². The number of likely N-dealkylation sites (tertiary alicyclic amines) is 1. The smallest absolute Gasteiger partial charge is 0.191 e. The number of piperidine rings is 1. The molecule has 1 saturated heterocycles. The maximum atomic E-state index is 5.21. The van der Waals surface area contributed by atoms with Crippen LogP contribution in [0.2, 0.25) is 0 Å². The number of aryl methyl sites for hydroxylation is 2. The van der Waals surface area contributed by atoms with Gasteiger partial charge < -0.3 is 20.1 Å². The van der Waals surface area contributed by atoms with Gasteiger partial charge in [0.15, 0.2) is 5.96 Å². The summed E-state index contributed by atoms with van der Waals surface area (Å²) >= 11 is 0. The molecule has 1 aliphatic rings. The Labute approximate surface area is 162 Å².